The number of hydrogen-bond donors (Lipinski definition) is 1. The Kier molecular flexibility index (Phi) is 5.60. The maximum absolute atomic E-state index is 6.44. The van der Waals surface area contributed by atoms with Crippen molar-refractivity contribution in [1.29, 1.82) is 0 Å². The molecule has 148 valence electrons. The molecule has 1 aliphatic carbocycles. The highest BCUT2D eigenvalue weighted by molar-refractivity contribution is 5.68. The Bertz CT molecular complexity index is 671. The van der Waals surface area contributed by atoms with E-state index in [1.165, 1.54) is 25.7 Å². The van der Waals surface area contributed by atoms with Gasteiger partial charge in [-0.25, -0.2) is 0 Å². The molecule has 1 saturated carbocycles. The van der Waals surface area contributed by atoms with Crippen LogP contribution in [-0.2, 0) is 9.57 Å². The zero-order chi connectivity index (χ0) is 18.7. The van der Waals surface area contributed by atoms with Crippen LogP contribution in [0, 0.1) is 0 Å². The third-order valence-electron chi connectivity index (χ3n) is 5.50. The van der Waals surface area contributed by atoms with Crippen LogP contribution in [-0.4, -0.2) is 31.0 Å². The van der Waals surface area contributed by atoms with Crippen LogP contribution in [0.2, 0.25) is 0 Å². The molecule has 2 heterocycles. The molecule has 1 N–H and O–H groups in total. The average molecular weight is 373 g/mol. The number of hydrogen-bond acceptors (Lipinski definition) is 5. The van der Waals surface area contributed by atoms with Crippen molar-refractivity contribution in [2.24, 2.45) is 0 Å². The monoisotopic (exact) mass is 373 g/mol. The molecule has 1 unspecified atom stereocenters. The Morgan fingerprint density at radius 2 is 1.93 bits per heavy atom. The first kappa shape index (κ1) is 18.6. The molecule has 1 saturated heterocycles. The molecule has 3 aliphatic rings. The second-order valence-electron chi connectivity index (χ2n) is 8.19. The van der Waals surface area contributed by atoms with Gasteiger partial charge in [0.15, 0.2) is 11.5 Å². The normalized spacial score (nSPS) is 26.1. The van der Waals surface area contributed by atoms with Crippen LogP contribution in [0.25, 0.3) is 5.70 Å². The summed E-state index contributed by atoms with van der Waals surface area (Å²) in [6.45, 7) is 5.43. The Morgan fingerprint density at radius 3 is 2.63 bits per heavy atom. The van der Waals surface area contributed by atoms with Crippen molar-refractivity contribution < 1.29 is 19.0 Å². The smallest absolute Gasteiger partial charge is 0.162 e. The molecule has 0 radical (unpaired) electrons. The fourth-order valence-electron chi connectivity index (χ4n) is 4.04. The number of rotatable bonds is 5. The van der Waals surface area contributed by atoms with Gasteiger partial charge in [0, 0.05) is 18.6 Å². The predicted molar refractivity (Wildman–Crippen MR) is 105 cm³/mol. The largest absolute Gasteiger partial charge is 0.487 e. The second kappa shape index (κ2) is 8.11. The highest BCUT2D eigenvalue weighted by Crippen LogP contribution is 2.37. The average Bonchev–Trinajstić information content (AvgIpc) is 3.20. The van der Waals surface area contributed by atoms with Crippen molar-refractivity contribution in [1.82, 2.24) is 5.48 Å². The minimum atomic E-state index is -0.329. The summed E-state index contributed by atoms with van der Waals surface area (Å²) >= 11 is 0. The maximum Gasteiger partial charge on any atom is 0.162 e. The number of benzene rings is 1. The van der Waals surface area contributed by atoms with Crippen LogP contribution in [0.5, 0.6) is 11.5 Å². The summed E-state index contributed by atoms with van der Waals surface area (Å²) < 4.78 is 18.0. The summed E-state index contributed by atoms with van der Waals surface area (Å²) in [5, 5.41) is 0. The van der Waals surface area contributed by atoms with Gasteiger partial charge >= 0.3 is 0 Å². The van der Waals surface area contributed by atoms with E-state index in [0.29, 0.717) is 6.61 Å². The van der Waals surface area contributed by atoms with E-state index in [2.05, 4.69) is 23.7 Å². The van der Waals surface area contributed by atoms with E-state index in [4.69, 9.17) is 19.0 Å². The highest BCUT2D eigenvalue weighted by Gasteiger charge is 2.39. The third kappa shape index (κ3) is 4.41. The zero-order valence-corrected chi connectivity index (χ0v) is 16.5. The van der Waals surface area contributed by atoms with Crippen LogP contribution in [0.3, 0.4) is 0 Å². The summed E-state index contributed by atoms with van der Waals surface area (Å²) in [5.41, 5.74) is 4.79. The van der Waals surface area contributed by atoms with E-state index >= 15 is 0 Å². The van der Waals surface area contributed by atoms with E-state index in [0.717, 1.165) is 48.6 Å². The summed E-state index contributed by atoms with van der Waals surface area (Å²) in [6.07, 6.45) is 10.8. The van der Waals surface area contributed by atoms with Crippen LogP contribution >= 0.6 is 0 Å². The minimum Gasteiger partial charge on any atom is -0.487 e. The number of nitrogens with one attached hydrogen (secondary N) is 1. The first-order valence-corrected chi connectivity index (χ1v) is 10.4. The minimum absolute atomic E-state index is 0.110. The predicted octanol–water partition coefficient (Wildman–Crippen LogP) is 4.61. The van der Waals surface area contributed by atoms with Crippen LogP contribution in [0.1, 0.15) is 64.4 Å². The number of hydroxylamine groups is 1. The topological polar surface area (TPSA) is 49.0 Å². The lowest BCUT2D eigenvalue weighted by atomic mass is 10.0. The third-order valence-corrected chi connectivity index (χ3v) is 5.50. The lowest BCUT2D eigenvalue weighted by molar-refractivity contribution is -0.0373. The molecule has 1 aromatic rings. The van der Waals surface area contributed by atoms with E-state index < -0.39 is 0 Å². The summed E-state index contributed by atoms with van der Waals surface area (Å²) in [7, 11) is 0. The lowest BCUT2D eigenvalue weighted by Crippen LogP contribution is -2.29. The van der Waals surface area contributed by atoms with Crippen molar-refractivity contribution in [2.45, 2.75) is 76.6 Å². The molecule has 4 rings (SSSR count). The molecule has 1 aromatic carbocycles. The molecule has 0 amide bonds. The molecule has 5 nitrogen and oxygen atoms in total. The van der Waals surface area contributed by atoms with Gasteiger partial charge in [-0.15, -0.1) is 0 Å². The highest BCUT2D eigenvalue weighted by atomic mass is 16.7. The van der Waals surface area contributed by atoms with Gasteiger partial charge < -0.3 is 14.2 Å². The molecular weight excluding hydrogens is 342 g/mol. The molecule has 5 heteroatoms. The second-order valence-corrected chi connectivity index (χ2v) is 8.19. The van der Waals surface area contributed by atoms with Crippen LogP contribution in [0.4, 0.5) is 0 Å². The molecule has 0 aromatic heterocycles. The Hall–Kier alpha value is -1.72. The Morgan fingerprint density at radius 1 is 1.11 bits per heavy atom. The van der Waals surface area contributed by atoms with Gasteiger partial charge in [0.05, 0.1) is 24.5 Å². The van der Waals surface area contributed by atoms with E-state index in [1.807, 2.05) is 19.9 Å². The van der Waals surface area contributed by atoms with Gasteiger partial charge in [0.1, 0.15) is 5.60 Å². The first-order chi connectivity index (χ1) is 13.1. The van der Waals surface area contributed by atoms with Gasteiger partial charge in [0.2, 0.25) is 0 Å². The standard InChI is InChI=1S/C22H31NO4/c1-16(2)25-20-10-9-17(19-14-22(27-23-19)11-12-24-15-22)13-21(20)26-18-7-5-3-4-6-8-18/h9-10,13-14,16,18,23H,3-8,11-12,15H2,1-2H3. The summed E-state index contributed by atoms with van der Waals surface area (Å²) in [6, 6.07) is 6.16. The van der Waals surface area contributed by atoms with Gasteiger partial charge in [-0.05, 0) is 63.8 Å². The maximum atomic E-state index is 6.44. The number of ether oxygens (including phenoxy) is 3. The summed E-state index contributed by atoms with van der Waals surface area (Å²) in [5.74, 6) is 1.65. The van der Waals surface area contributed by atoms with Crippen LogP contribution in [0.15, 0.2) is 24.3 Å². The van der Waals surface area contributed by atoms with Gasteiger partial charge in [-0.2, -0.15) is 0 Å². The van der Waals surface area contributed by atoms with Crippen LogP contribution < -0.4 is 15.0 Å². The SMILES string of the molecule is CC(C)Oc1ccc(C2=CC3(CCOC3)ON2)cc1OC1CCCCCC1. The van der Waals surface area contributed by atoms with Crippen molar-refractivity contribution in [3.05, 3.63) is 29.8 Å². The van der Waals surface area contributed by atoms with Crippen molar-refractivity contribution in [3.63, 3.8) is 0 Å². The van der Waals surface area contributed by atoms with Gasteiger partial charge in [-0.1, -0.05) is 12.8 Å². The molecular formula is C22H31NO4. The quantitative estimate of drug-likeness (QED) is 0.764. The molecule has 1 atom stereocenters. The zero-order valence-electron chi connectivity index (χ0n) is 16.5. The van der Waals surface area contributed by atoms with E-state index in [9.17, 15) is 0 Å². The van der Waals surface area contributed by atoms with E-state index in [1.54, 1.807) is 0 Å². The molecule has 2 aliphatic heterocycles. The van der Waals surface area contributed by atoms with E-state index in [-0.39, 0.29) is 17.8 Å². The molecule has 2 fully saturated rings. The fourth-order valence-corrected chi connectivity index (χ4v) is 4.04. The van der Waals surface area contributed by atoms with Crippen molar-refractivity contribution >= 4 is 5.70 Å². The van der Waals surface area contributed by atoms with Gasteiger partial charge in [0.25, 0.3) is 0 Å². The molecule has 1 spiro atoms. The first-order valence-electron chi connectivity index (χ1n) is 10.4. The Labute approximate surface area is 162 Å². The fraction of sp³-hybridized carbons (Fsp3) is 0.636. The summed E-state index contributed by atoms with van der Waals surface area (Å²) in [4.78, 5) is 5.83. The lowest BCUT2D eigenvalue weighted by Gasteiger charge is -2.21. The molecule has 27 heavy (non-hydrogen) atoms. The Balaban J connectivity index is 1.58. The van der Waals surface area contributed by atoms with Gasteiger partial charge in [-0.3, -0.25) is 10.3 Å². The molecule has 0 bridgehead atoms. The van der Waals surface area contributed by atoms with Crippen molar-refractivity contribution in [3.8, 4) is 11.5 Å². The van der Waals surface area contributed by atoms with Crippen molar-refractivity contribution in [2.75, 3.05) is 13.2 Å².